The first kappa shape index (κ1) is 15.8. The number of hydrogen-bond donors (Lipinski definition) is 1. The summed E-state index contributed by atoms with van der Waals surface area (Å²) >= 11 is 0. The van der Waals surface area contributed by atoms with Gasteiger partial charge < -0.3 is 14.8 Å². The molecule has 0 saturated carbocycles. The van der Waals surface area contributed by atoms with Crippen molar-refractivity contribution in [2.75, 3.05) is 26.9 Å². The van der Waals surface area contributed by atoms with Crippen LogP contribution in [0.15, 0.2) is 24.3 Å². The first-order chi connectivity index (χ1) is 9.01. The second-order valence-corrected chi connectivity index (χ2v) is 4.00. The van der Waals surface area contributed by atoms with Crippen LogP contribution in [0.25, 0.3) is 0 Å². The van der Waals surface area contributed by atoms with Crippen LogP contribution in [-0.2, 0) is 11.3 Å². The highest BCUT2D eigenvalue weighted by atomic mass is 19.4. The van der Waals surface area contributed by atoms with E-state index >= 15 is 0 Å². The van der Waals surface area contributed by atoms with Crippen molar-refractivity contribution in [1.29, 1.82) is 0 Å². The lowest BCUT2D eigenvalue weighted by Gasteiger charge is -2.09. The minimum Gasteiger partial charge on any atom is -0.491 e. The van der Waals surface area contributed by atoms with Crippen LogP contribution in [0.3, 0.4) is 0 Å². The van der Waals surface area contributed by atoms with Crippen molar-refractivity contribution in [2.45, 2.75) is 19.1 Å². The third-order valence-corrected chi connectivity index (χ3v) is 2.31. The van der Waals surface area contributed by atoms with Gasteiger partial charge >= 0.3 is 6.18 Å². The molecule has 0 bridgehead atoms. The number of nitrogens with one attached hydrogen (secondary N) is 1. The van der Waals surface area contributed by atoms with Gasteiger partial charge in [0.25, 0.3) is 0 Å². The van der Waals surface area contributed by atoms with Crippen LogP contribution in [0.5, 0.6) is 5.75 Å². The molecule has 0 fully saturated rings. The minimum atomic E-state index is -4.16. The molecule has 0 unspecified atom stereocenters. The normalized spacial score (nSPS) is 11.6. The summed E-state index contributed by atoms with van der Waals surface area (Å²) in [7, 11) is 1.85. The maximum absolute atomic E-state index is 11.8. The lowest BCUT2D eigenvalue weighted by molar-refractivity contribution is -0.145. The van der Waals surface area contributed by atoms with Crippen LogP contribution in [-0.4, -0.2) is 33.0 Å². The fraction of sp³-hybridized carbons (Fsp3) is 0.538. The Labute approximate surface area is 110 Å². The highest BCUT2D eigenvalue weighted by Crippen LogP contribution is 2.19. The molecule has 0 saturated heterocycles. The van der Waals surface area contributed by atoms with E-state index in [0.29, 0.717) is 5.75 Å². The van der Waals surface area contributed by atoms with Crippen molar-refractivity contribution in [3.63, 3.8) is 0 Å². The van der Waals surface area contributed by atoms with Gasteiger partial charge in [-0.05, 0) is 24.7 Å². The molecule has 0 aliphatic carbocycles. The SMILES string of the molecule is CNCc1cccc(OCCOCCC(F)(F)F)c1. The maximum atomic E-state index is 11.8. The van der Waals surface area contributed by atoms with E-state index in [1.54, 1.807) is 6.07 Å². The van der Waals surface area contributed by atoms with E-state index < -0.39 is 12.6 Å². The Hall–Kier alpha value is -1.27. The summed E-state index contributed by atoms with van der Waals surface area (Å²) in [6.45, 7) is 0.791. The molecule has 6 heteroatoms. The quantitative estimate of drug-likeness (QED) is 0.741. The standard InChI is InChI=1S/C13H18F3NO2/c1-17-10-11-3-2-4-12(9-11)19-8-7-18-6-5-13(14,15)16/h2-4,9,17H,5-8,10H2,1H3. The Kier molecular flexibility index (Phi) is 6.66. The molecule has 0 aliphatic heterocycles. The van der Waals surface area contributed by atoms with Crippen molar-refractivity contribution in [1.82, 2.24) is 5.32 Å². The number of halogens is 3. The summed E-state index contributed by atoms with van der Waals surface area (Å²) < 4.78 is 45.7. The van der Waals surface area contributed by atoms with Crippen LogP contribution in [0.4, 0.5) is 13.2 Å². The van der Waals surface area contributed by atoms with E-state index in [1.807, 2.05) is 25.2 Å². The Morgan fingerprint density at radius 2 is 1.95 bits per heavy atom. The number of hydrogen-bond acceptors (Lipinski definition) is 3. The van der Waals surface area contributed by atoms with Gasteiger partial charge in [0.05, 0.1) is 19.6 Å². The van der Waals surface area contributed by atoms with Gasteiger partial charge in [-0.15, -0.1) is 0 Å². The summed E-state index contributed by atoms with van der Waals surface area (Å²) in [6, 6.07) is 7.51. The van der Waals surface area contributed by atoms with E-state index in [9.17, 15) is 13.2 Å². The molecule has 1 aromatic rings. The van der Waals surface area contributed by atoms with Crippen molar-refractivity contribution < 1.29 is 22.6 Å². The van der Waals surface area contributed by atoms with Gasteiger partial charge in [0.15, 0.2) is 0 Å². The second-order valence-electron chi connectivity index (χ2n) is 4.00. The summed E-state index contributed by atoms with van der Waals surface area (Å²) in [6.07, 6.45) is -5.09. The molecule has 19 heavy (non-hydrogen) atoms. The van der Waals surface area contributed by atoms with Crippen LogP contribution in [0.1, 0.15) is 12.0 Å². The molecule has 0 heterocycles. The maximum Gasteiger partial charge on any atom is 0.391 e. The molecule has 0 aromatic heterocycles. The van der Waals surface area contributed by atoms with Gasteiger partial charge in [0.1, 0.15) is 12.4 Å². The molecular formula is C13H18F3NO2. The summed E-state index contributed by atoms with van der Waals surface area (Å²) in [5, 5.41) is 3.02. The minimum absolute atomic E-state index is 0.145. The molecule has 1 aromatic carbocycles. The van der Waals surface area contributed by atoms with Crippen LogP contribution < -0.4 is 10.1 Å². The predicted molar refractivity (Wildman–Crippen MR) is 66.2 cm³/mol. The first-order valence-corrected chi connectivity index (χ1v) is 6.02. The lowest BCUT2D eigenvalue weighted by atomic mass is 10.2. The topological polar surface area (TPSA) is 30.5 Å². The van der Waals surface area contributed by atoms with E-state index in [2.05, 4.69) is 5.32 Å². The second kappa shape index (κ2) is 8.01. The van der Waals surface area contributed by atoms with Crippen molar-refractivity contribution in [3.05, 3.63) is 29.8 Å². The van der Waals surface area contributed by atoms with E-state index in [4.69, 9.17) is 9.47 Å². The largest absolute Gasteiger partial charge is 0.491 e. The lowest BCUT2D eigenvalue weighted by Crippen LogP contribution is -2.14. The van der Waals surface area contributed by atoms with Crippen LogP contribution in [0.2, 0.25) is 0 Å². The van der Waals surface area contributed by atoms with Gasteiger partial charge in [-0.2, -0.15) is 13.2 Å². The third kappa shape index (κ3) is 7.69. The number of alkyl halides is 3. The highest BCUT2D eigenvalue weighted by molar-refractivity contribution is 5.28. The molecule has 0 radical (unpaired) electrons. The van der Waals surface area contributed by atoms with E-state index in [-0.39, 0.29) is 19.8 Å². The zero-order valence-electron chi connectivity index (χ0n) is 10.8. The zero-order valence-corrected chi connectivity index (χ0v) is 10.8. The monoisotopic (exact) mass is 277 g/mol. The predicted octanol–water partition coefficient (Wildman–Crippen LogP) is 2.75. The molecule has 108 valence electrons. The molecule has 0 spiro atoms. The Bertz CT molecular complexity index is 369. The smallest absolute Gasteiger partial charge is 0.391 e. The number of ether oxygens (including phenoxy) is 2. The average Bonchev–Trinajstić information content (AvgIpc) is 2.33. The molecular weight excluding hydrogens is 259 g/mol. The Morgan fingerprint density at radius 1 is 1.16 bits per heavy atom. The van der Waals surface area contributed by atoms with Gasteiger partial charge in [0, 0.05) is 6.54 Å². The molecule has 0 atom stereocenters. The van der Waals surface area contributed by atoms with Crippen molar-refractivity contribution >= 4 is 0 Å². The van der Waals surface area contributed by atoms with Crippen molar-refractivity contribution in [3.8, 4) is 5.75 Å². The number of rotatable bonds is 8. The first-order valence-electron chi connectivity index (χ1n) is 6.02. The Morgan fingerprint density at radius 3 is 2.63 bits per heavy atom. The van der Waals surface area contributed by atoms with E-state index in [0.717, 1.165) is 12.1 Å². The molecule has 0 amide bonds. The van der Waals surface area contributed by atoms with Gasteiger partial charge in [-0.25, -0.2) is 0 Å². The Balaban J connectivity index is 2.17. The van der Waals surface area contributed by atoms with E-state index in [1.165, 1.54) is 0 Å². The molecule has 1 N–H and O–H groups in total. The summed E-state index contributed by atoms with van der Waals surface area (Å²) in [4.78, 5) is 0. The molecule has 1 rings (SSSR count). The van der Waals surface area contributed by atoms with Crippen molar-refractivity contribution in [2.24, 2.45) is 0 Å². The molecule has 0 aliphatic rings. The zero-order chi connectivity index (χ0) is 14.1. The van der Waals surface area contributed by atoms with Gasteiger partial charge in [-0.3, -0.25) is 0 Å². The van der Waals surface area contributed by atoms with Crippen LogP contribution in [0, 0.1) is 0 Å². The van der Waals surface area contributed by atoms with Gasteiger partial charge in [0.2, 0.25) is 0 Å². The summed E-state index contributed by atoms with van der Waals surface area (Å²) in [5.41, 5.74) is 1.08. The van der Waals surface area contributed by atoms with Crippen LogP contribution >= 0.6 is 0 Å². The third-order valence-electron chi connectivity index (χ3n) is 2.31. The highest BCUT2D eigenvalue weighted by Gasteiger charge is 2.26. The number of benzene rings is 1. The fourth-order valence-corrected chi connectivity index (χ4v) is 1.46. The average molecular weight is 277 g/mol. The summed E-state index contributed by atoms with van der Waals surface area (Å²) in [5.74, 6) is 0.687. The molecule has 3 nitrogen and oxygen atoms in total. The van der Waals surface area contributed by atoms with Gasteiger partial charge in [-0.1, -0.05) is 12.1 Å². The fourth-order valence-electron chi connectivity index (χ4n) is 1.46.